The molecule has 7 nitrogen and oxygen atoms in total. The van der Waals surface area contributed by atoms with E-state index >= 15 is 0 Å². The number of likely N-dealkylation sites (tertiary alicyclic amines) is 1. The fourth-order valence-electron chi connectivity index (χ4n) is 2.90. The molecule has 11 heteroatoms. The lowest BCUT2D eigenvalue weighted by atomic mass is 10.2. The first kappa shape index (κ1) is 22.4. The van der Waals surface area contributed by atoms with Gasteiger partial charge in [0, 0.05) is 32.1 Å². The molecule has 1 aliphatic rings. The Morgan fingerprint density at radius 1 is 1.43 bits per heavy atom. The van der Waals surface area contributed by atoms with Crippen molar-refractivity contribution in [3.63, 3.8) is 0 Å². The summed E-state index contributed by atoms with van der Waals surface area (Å²) in [6.45, 7) is 4.84. The van der Waals surface area contributed by atoms with Crippen LogP contribution in [0.3, 0.4) is 0 Å². The Morgan fingerprint density at radius 2 is 2.18 bits per heavy atom. The van der Waals surface area contributed by atoms with Crippen molar-refractivity contribution >= 4 is 23.2 Å². The van der Waals surface area contributed by atoms with Gasteiger partial charge in [-0.15, -0.1) is 11.3 Å². The van der Waals surface area contributed by atoms with Crippen LogP contribution in [0.1, 0.15) is 30.5 Å². The van der Waals surface area contributed by atoms with Gasteiger partial charge in [-0.1, -0.05) is 6.92 Å². The zero-order valence-electron chi connectivity index (χ0n) is 16.3. The highest BCUT2D eigenvalue weighted by molar-refractivity contribution is 7.09. The van der Waals surface area contributed by atoms with Crippen LogP contribution >= 0.6 is 11.3 Å². The SMILES string of the molecule is CCN1CCCC1CNC(=NCC(=O)N(C)C)NCc1nc(C(F)(F)F)cs1. The zero-order chi connectivity index (χ0) is 20.7. The first-order valence-electron chi connectivity index (χ1n) is 9.18. The molecular weight excluding hydrogens is 393 g/mol. The van der Waals surface area contributed by atoms with Gasteiger partial charge in [-0.2, -0.15) is 13.2 Å². The third kappa shape index (κ3) is 6.62. The van der Waals surface area contributed by atoms with E-state index in [2.05, 4.69) is 32.4 Å². The summed E-state index contributed by atoms with van der Waals surface area (Å²) in [6, 6.07) is 0.373. The number of likely N-dealkylation sites (N-methyl/N-ethyl adjacent to an activating group) is 2. The molecule has 28 heavy (non-hydrogen) atoms. The van der Waals surface area contributed by atoms with Gasteiger partial charge in [-0.25, -0.2) is 9.98 Å². The van der Waals surface area contributed by atoms with Crippen LogP contribution in [0.25, 0.3) is 0 Å². The number of carbonyl (C=O) groups is 1. The van der Waals surface area contributed by atoms with Crippen molar-refractivity contribution in [1.82, 2.24) is 25.4 Å². The normalized spacial score (nSPS) is 18.4. The number of hydrogen-bond acceptors (Lipinski definition) is 5. The molecular formula is C17H27F3N6OS. The third-order valence-corrected chi connectivity index (χ3v) is 5.38. The molecule has 2 heterocycles. The Bertz CT molecular complexity index is 676. The summed E-state index contributed by atoms with van der Waals surface area (Å²) in [5.41, 5.74) is -0.895. The van der Waals surface area contributed by atoms with E-state index < -0.39 is 11.9 Å². The smallest absolute Gasteiger partial charge is 0.355 e. The predicted molar refractivity (Wildman–Crippen MR) is 103 cm³/mol. The minimum Gasteiger partial charge on any atom is -0.355 e. The average Bonchev–Trinajstić information content (AvgIpc) is 3.29. The van der Waals surface area contributed by atoms with Crippen LogP contribution < -0.4 is 10.6 Å². The highest BCUT2D eigenvalue weighted by atomic mass is 32.1. The molecule has 1 aromatic rings. The zero-order valence-corrected chi connectivity index (χ0v) is 17.2. The Morgan fingerprint density at radius 3 is 2.79 bits per heavy atom. The second-order valence-corrected chi connectivity index (χ2v) is 7.68. The highest BCUT2D eigenvalue weighted by Gasteiger charge is 2.33. The van der Waals surface area contributed by atoms with Crippen LogP contribution in [0.4, 0.5) is 13.2 Å². The molecule has 0 aliphatic carbocycles. The van der Waals surface area contributed by atoms with Gasteiger partial charge in [-0.05, 0) is 25.9 Å². The lowest BCUT2D eigenvalue weighted by molar-refractivity contribution is -0.140. The second-order valence-electron chi connectivity index (χ2n) is 6.74. The Hall–Kier alpha value is -1.88. The van der Waals surface area contributed by atoms with E-state index in [0.29, 0.717) is 23.6 Å². The maximum absolute atomic E-state index is 12.7. The molecule has 1 amide bonds. The number of rotatable bonds is 7. The largest absolute Gasteiger partial charge is 0.434 e. The molecule has 0 aromatic carbocycles. The summed E-state index contributed by atoms with van der Waals surface area (Å²) in [5, 5.41) is 7.49. The van der Waals surface area contributed by atoms with Gasteiger partial charge in [-0.3, -0.25) is 9.69 Å². The van der Waals surface area contributed by atoms with Crippen molar-refractivity contribution in [1.29, 1.82) is 0 Å². The molecule has 0 spiro atoms. The summed E-state index contributed by atoms with van der Waals surface area (Å²) >= 11 is 0.935. The number of aromatic nitrogens is 1. The van der Waals surface area contributed by atoms with E-state index in [-0.39, 0.29) is 19.0 Å². The van der Waals surface area contributed by atoms with Crippen molar-refractivity contribution in [2.45, 2.75) is 38.5 Å². The first-order chi connectivity index (χ1) is 13.2. The number of nitrogens with zero attached hydrogens (tertiary/aromatic N) is 4. The summed E-state index contributed by atoms with van der Waals surface area (Å²) in [5.74, 6) is 0.229. The number of aliphatic imine (C=N–C) groups is 1. The van der Waals surface area contributed by atoms with E-state index in [0.717, 1.165) is 42.6 Å². The van der Waals surface area contributed by atoms with Gasteiger partial charge < -0.3 is 15.5 Å². The molecule has 1 aliphatic heterocycles. The molecule has 1 saturated heterocycles. The summed E-state index contributed by atoms with van der Waals surface area (Å²) in [6.07, 6.45) is -2.24. The molecule has 2 rings (SSSR count). The summed E-state index contributed by atoms with van der Waals surface area (Å²) in [7, 11) is 3.29. The van der Waals surface area contributed by atoms with Crippen molar-refractivity contribution in [2.75, 3.05) is 40.3 Å². The van der Waals surface area contributed by atoms with E-state index in [9.17, 15) is 18.0 Å². The van der Waals surface area contributed by atoms with Gasteiger partial charge >= 0.3 is 6.18 Å². The minimum atomic E-state index is -4.45. The maximum Gasteiger partial charge on any atom is 0.434 e. The van der Waals surface area contributed by atoms with E-state index in [1.807, 2.05) is 0 Å². The van der Waals surface area contributed by atoms with Crippen LogP contribution in [0.15, 0.2) is 10.4 Å². The molecule has 1 atom stereocenters. The number of thiazole rings is 1. The average molecular weight is 421 g/mol. The number of nitrogens with one attached hydrogen (secondary N) is 2. The molecule has 0 bridgehead atoms. The van der Waals surface area contributed by atoms with Crippen LogP contribution in [-0.2, 0) is 17.5 Å². The van der Waals surface area contributed by atoms with Crippen molar-refractivity contribution < 1.29 is 18.0 Å². The van der Waals surface area contributed by atoms with Gasteiger partial charge in [0.25, 0.3) is 0 Å². The first-order valence-corrected chi connectivity index (χ1v) is 10.1. The molecule has 0 radical (unpaired) electrons. The fraction of sp³-hybridized carbons (Fsp3) is 0.706. The minimum absolute atomic E-state index is 0.0455. The quantitative estimate of drug-likeness (QED) is 0.520. The summed E-state index contributed by atoms with van der Waals surface area (Å²) < 4.78 is 38.1. The number of amides is 1. The predicted octanol–water partition coefficient (Wildman–Crippen LogP) is 1.77. The fourth-order valence-corrected chi connectivity index (χ4v) is 3.64. The van der Waals surface area contributed by atoms with Gasteiger partial charge in [0.05, 0.1) is 6.54 Å². The van der Waals surface area contributed by atoms with Crippen LogP contribution in [0, 0.1) is 0 Å². The highest BCUT2D eigenvalue weighted by Crippen LogP contribution is 2.29. The third-order valence-electron chi connectivity index (χ3n) is 4.53. The van der Waals surface area contributed by atoms with Crippen molar-refractivity contribution in [2.24, 2.45) is 4.99 Å². The van der Waals surface area contributed by atoms with Crippen LogP contribution in [0.5, 0.6) is 0 Å². The monoisotopic (exact) mass is 420 g/mol. The Balaban J connectivity index is 1.98. The number of halogens is 3. The number of hydrogen-bond donors (Lipinski definition) is 2. The molecule has 1 fully saturated rings. The maximum atomic E-state index is 12.7. The van der Waals surface area contributed by atoms with E-state index in [4.69, 9.17) is 0 Å². The van der Waals surface area contributed by atoms with Crippen molar-refractivity contribution in [3.05, 3.63) is 16.1 Å². The number of guanidine groups is 1. The van der Waals surface area contributed by atoms with E-state index in [1.54, 1.807) is 14.1 Å². The lowest BCUT2D eigenvalue weighted by Crippen LogP contribution is -2.45. The number of carbonyl (C=O) groups excluding carboxylic acids is 1. The van der Waals surface area contributed by atoms with Crippen LogP contribution in [0.2, 0.25) is 0 Å². The van der Waals surface area contributed by atoms with Gasteiger partial charge in [0.1, 0.15) is 11.6 Å². The lowest BCUT2D eigenvalue weighted by Gasteiger charge is -2.24. The second kappa shape index (κ2) is 10.1. The molecule has 158 valence electrons. The molecule has 1 unspecified atom stereocenters. The standard InChI is InChI=1S/C17H27F3N6OS/c1-4-26-7-5-6-12(26)8-21-16(23-10-15(27)25(2)3)22-9-14-24-13(11-28-14)17(18,19)20/h11-12H,4-10H2,1-3H3,(H2,21,22,23). The topological polar surface area (TPSA) is 72.9 Å². The molecule has 2 N–H and O–H groups in total. The van der Waals surface area contributed by atoms with Gasteiger partial charge in [0.2, 0.25) is 5.91 Å². The van der Waals surface area contributed by atoms with Gasteiger partial charge in [0.15, 0.2) is 11.7 Å². The van der Waals surface area contributed by atoms with Crippen LogP contribution in [-0.4, -0.2) is 73.0 Å². The molecule has 0 saturated carbocycles. The Labute approximate surface area is 167 Å². The molecule has 1 aromatic heterocycles. The number of alkyl halides is 3. The van der Waals surface area contributed by atoms with Crippen molar-refractivity contribution in [3.8, 4) is 0 Å². The summed E-state index contributed by atoms with van der Waals surface area (Å²) in [4.78, 5) is 23.5. The van der Waals surface area contributed by atoms with E-state index in [1.165, 1.54) is 4.90 Å². The Kier molecular flexibility index (Phi) is 8.05.